The molecule has 4 N–H and O–H groups in total. The average Bonchev–Trinajstić information content (AvgIpc) is 2.78. The van der Waals surface area contributed by atoms with Gasteiger partial charge in [0.1, 0.15) is 10.8 Å². The zero-order valence-corrected chi connectivity index (χ0v) is 18.4. The highest BCUT2D eigenvalue weighted by Gasteiger charge is 2.11. The van der Waals surface area contributed by atoms with Gasteiger partial charge in [-0.05, 0) is 61.2 Å². The van der Waals surface area contributed by atoms with Crippen LogP contribution in [0.1, 0.15) is 33.7 Å². The Bertz CT molecular complexity index is 1160. The minimum atomic E-state index is -0.437. The molecule has 2 aromatic carbocycles. The van der Waals surface area contributed by atoms with Gasteiger partial charge < -0.3 is 16.4 Å². The molecular weight excluding hydrogens is 426 g/mol. The minimum absolute atomic E-state index is 0.315. The van der Waals surface area contributed by atoms with Gasteiger partial charge in [-0.25, -0.2) is 9.97 Å². The number of benzene rings is 2. The number of amides is 2. The molecular formula is C24H24ClN5O2. The Morgan fingerprint density at radius 1 is 1.16 bits per heavy atom. The van der Waals surface area contributed by atoms with E-state index in [9.17, 15) is 9.59 Å². The van der Waals surface area contributed by atoms with E-state index in [0.29, 0.717) is 40.0 Å². The van der Waals surface area contributed by atoms with E-state index in [-0.39, 0.29) is 5.91 Å². The van der Waals surface area contributed by atoms with E-state index in [0.717, 1.165) is 24.0 Å². The van der Waals surface area contributed by atoms with Crippen molar-refractivity contribution in [3.8, 4) is 0 Å². The summed E-state index contributed by atoms with van der Waals surface area (Å²) in [5.41, 5.74) is 9.29. The lowest BCUT2D eigenvalue weighted by Crippen LogP contribution is -2.11. The van der Waals surface area contributed by atoms with E-state index in [4.69, 9.17) is 17.3 Å². The van der Waals surface area contributed by atoms with Gasteiger partial charge in [0.15, 0.2) is 5.82 Å². The number of nitrogens with two attached hydrogens (primary N) is 1. The van der Waals surface area contributed by atoms with Crippen molar-refractivity contribution in [3.63, 3.8) is 0 Å². The Hall–Kier alpha value is -3.71. The second-order valence-corrected chi connectivity index (χ2v) is 7.61. The first-order valence-corrected chi connectivity index (χ1v) is 10.5. The molecule has 1 aromatic heterocycles. The second kappa shape index (κ2) is 10.5. The number of para-hydroxylation sites is 2. The molecule has 0 aliphatic heterocycles. The molecule has 0 saturated carbocycles. The summed E-state index contributed by atoms with van der Waals surface area (Å²) in [6.45, 7) is 5.47. The smallest absolute Gasteiger partial charge is 0.248 e. The van der Waals surface area contributed by atoms with Gasteiger partial charge in [0.2, 0.25) is 11.8 Å². The summed E-state index contributed by atoms with van der Waals surface area (Å²) in [5.74, 6) is 0.328. The largest absolute Gasteiger partial charge is 0.366 e. The number of hydrogen-bond acceptors (Lipinski definition) is 5. The molecule has 7 nitrogen and oxygen atoms in total. The molecule has 0 saturated heterocycles. The van der Waals surface area contributed by atoms with Gasteiger partial charge in [-0.1, -0.05) is 36.4 Å². The first-order valence-electron chi connectivity index (χ1n) is 10.1. The molecule has 32 heavy (non-hydrogen) atoms. The molecule has 3 rings (SSSR count). The first kappa shape index (κ1) is 23.0. The third-order valence-corrected chi connectivity index (χ3v) is 5.17. The number of halogens is 1. The van der Waals surface area contributed by atoms with Crippen molar-refractivity contribution < 1.29 is 9.59 Å². The number of anilines is 3. The Labute approximate surface area is 191 Å². The van der Waals surface area contributed by atoms with E-state index in [1.54, 1.807) is 18.3 Å². The summed E-state index contributed by atoms with van der Waals surface area (Å²) < 4.78 is 0. The number of carbonyl (C=O) groups is 2. The number of nitrogens with zero attached hydrogens (tertiary/aromatic N) is 2. The molecule has 0 aliphatic carbocycles. The summed E-state index contributed by atoms with van der Waals surface area (Å²) in [6.07, 6.45) is 4.93. The van der Waals surface area contributed by atoms with Crippen LogP contribution in [0.15, 0.2) is 61.3 Å². The highest BCUT2D eigenvalue weighted by atomic mass is 35.5. The zero-order chi connectivity index (χ0) is 23.1. The third-order valence-electron chi connectivity index (χ3n) is 4.90. The van der Waals surface area contributed by atoms with Crippen molar-refractivity contribution in [1.82, 2.24) is 9.97 Å². The molecule has 0 bridgehead atoms. The molecule has 0 unspecified atom stereocenters. The fourth-order valence-corrected chi connectivity index (χ4v) is 3.29. The van der Waals surface area contributed by atoms with Crippen LogP contribution in [-0.2, 0) is 17.6 Å². The van der Waals surface area contributed by atoms with Crippen LogP contribution < -0.4 is 16.4 Å². The Balaban J connectivity index is 1.71. The van der Waals surface area contributed by atoms with Crippen LogP contribution in [0.3, 0.4) is 0 Å². The molecule has 0 atom stereocenters. The number of carbonyl (C=O) groups excluding carboxylic acids is 2. The van der Waals surface area contributed by atoms with Gasteiger partial charge in [0.25, 0.3) is 0 Å². The average molecular weight is 450 g/mol. The van der Waals surface area contributed by atoms with Crippen molar-refractivity contribution in [2.24, 2.45) is 5.73 Å². The van der Waals surface area contributed by atoms with Crippen molar-refractivity contribution >= 4 is 40.6 Å². The summed E-state index contributed by atoms with van der Waals surface area (Å²) in [4.78, 5) is 32.0. The topological polar surface area (TPSA) is 110 Å². The maximum atomic E-state index is 11.7. The Kier molecular flexibility index (Phi) is 7.57. The maximum Gasteiger partial charge on any atom is 0.248 e. The van der Waals surface area contributed by atoms with Gasteiger partial charge in [-0.3, -0.25) is 9.59 Å². The highest BCUT2D eigenvalue weighted by molar-refractivity contribution is 6.32. The molecule has 1 heterocycles. The standard InChI is InChI=1S/C24H24ClN5O2/c1-3-22(31)28-19-8-4-5-9-20(19)29-24-18(25)14-27-21(30-24)10-6-7-16-13-17(23(26)32)12-11-15(16)2/h3-5,8-9,11-14H,1,6-7,10H2,2H3,(H2,26,32)(H,28,31)(H,27,29,30). The predicted octanol–water partition coefficient (Wildman–Crippen LogP) is 4.58. The summed E-state index contributed by atoms with van der Waals surface area (Å²) in [7, 11) is 0. The van der Waals surface area contributed by atoms with E-state index >= 15 is 0 Å². The van der Waals surface area contributed by atoms with Gasteiger partial charge in [-0.15, -0.1) is 0 Å². The van der Waals surface area contributed by atoms with Crippen LogP contribution in [0.25, 0.3) is 0 Å². The number of aromatic nitrogens is 2. The predicted molar refractivity (Wildman–Crippen MR) is 127 cm³/mol. The molecule has 0 spiro atoms. The third kappa shape index (κ3) is 5.92. The van der Waals surface area contributed by atoms with E-state index < -0.39 is 5.91 Å². The Morgan fingerprint density at radius 3 is 2.62 bits per heavy atom. The van der Waals surface area contributed by atoms with Crippen molar-refractivity contribution in [2.75, 3.05) is 10.6 Å². The molecule has 0 fully saturated rings. The SMILES string of the molecule is C=CC(=O)Nc1ccccc1Nc1nc(CCCc2cc(C(N)=O)ccc2C)ncc1Cl. The number of hydrogen-bond donors (Lipinski definition) is 3. The summed E-state index contributed by atoms with van der Waals surface area (Å²) in [6, 6.07) is 12.7. The quantitative estimate of drug-likeness (QED) is 0.414. The van der Waals surface area contributed by atoms with Crippen LogP contribution in [0, 0.1) is 6.92 Å². The van der Waals surface area contributed by atoms with E-state index in [1.807, 2.05) is 37.3 Å². The fourth-order valence-electron chi connectivity index (χ4n) is 3.16. The van der Waals surface area contributed by atoms with Crippen LogP contribution in [0.2, 0.25) is 5.02 Å². The second-order valence-electron chi connectivity index (χ2n) is 7.21. The minimum Gasteiger partial charge on any atom is -0.366 e. The molecule has 0 aliphatic rings. The highest BCUT2D eigenvalue weighted by Crippen LogP contribution is 2.28. The van der Waals surface area contributed by atoms with Gasteiger partial charge in [0, 0.05) is 12.0 Å². The number of primary amides is 1. The lowest BCUT2D eigenvalue weighted by molar-refractivity contribution is -0.111. The zero-order valence-electron chi connectivity index (χ0n) is 17.7. The van der Waals surface area contributed by atoms with Crippen LogP contribution in [-0.4, -0.2) is 21.8 Å². The fraction of sp³-hybridized carbons (Fsp3) is 0.167. The van der Waals surface area contributed by atoms with Crippen LogP contribution in [0.5, 0.6) is 0 Å². The van der Waals surface area contributed by atoms with Crippen molar-refractivity contribution in [2.45, 2.75) is 26.2 Å². The summed E-state index contributed by atoms with van der Waals surface area (Å²) >= 11 is 6.29. The Morgan fingerprint density at radius 2 is 1.91 bits per heavy atom. The molecule has 0 radical (unpaired) electrons. The van der Waals surface area contributed by atoms with Gasteiger partial charge >= 0.3 is 0 Å². The van der Waals surface area contributed by atoms with Crippen molar-refractivity contribution in [1.29, 1.82) is 0 Å². The molecule has 8 heteroatoms. The molecule has 2 amide bonds. The van der Waals surface area contributed by atoms with Gasteiger partial charge in [0.05, 0.1) is 17.6 Å². The van der Waals surface area contributed by atoms with Crippen LogP contribution >= 0.6 is 11.6 Å². The van der Waals surface area contributed by atoms with E-state index in [1.165, 1.54) is 6.08 Å². The number of nitrogens with one attached hydrogen (secondary N) is 2. The van der Waals surface area contributed by atoms with Gasteiger partial charge in [-0.2, -0.15) is 0 Å². The van der Waals surface area contributed by atoms with E-state index in [2.05, 4.69) is 27.2 Å². The number of aryl methyl sites for hydroxylation is 3. The van der Waals surface area contributed by atoms with Crippen LogP contribution in [0.4, 0.5) is 17.2 Å². The van der Waals surface area contributed by atoms with Crippen molar-refractivity contribution in [3.05, 3.63) is 88.9 Å². The molecule has 3 aromatic rings. The lowest BCUT2D eigenvalue weighted by Gasteiger charge is -2.13. The normalized spacial score (nSPS) is 10.4. The monoisotopic (exact) mass is 449 g/mol. The number of rotatable bonds is 9. The lowest BCUT2D eigenvalue weighted by atomic mass is 10.00. The molecule has 164 valence electrons. The maximum absolute atomic E-state index is 11.7. The first-order chi connectivity index (χ1) is 15.4. The summed E-state index contributed by atoms with van der Waals surface area (Å²) in [5, 5.41) is 6.27.